The Kier molecular flexibility index (Phi) is 18.3. The van der Waals surface area contributed by atoms with Gasteiger partial charge in [-0.2, -0.15) is 0 Å². The fourth-order valence-electron chi connectivity index (χ4n) is 0.509. The Labute approximate surface area is 102 Å². The smallest absolute Gasteiger partial charge is 0.149 e. The largest absolute Gasteiger partial charge is 0.308 e. The van der Waals surface area contributed by atoms with E-state index < -0.39 is 0 Å². The predicted molar refractivity (Wildman–Crippen MR) is 73.4 cm³/mol. The Bertz CT molecular complexity index is 166. The number of carbonyl (C=O) groups excluding carboxylic acids is 1. The minimum Gasteiger partial charge on any atom is -0.308 e. The van der Waals surface area contributed by atoms with Crippen LogP contribution in [0, 0.1) is 24.7 Å². The predicted octanol–water partition coefficient (Wildman–Crippen LogP) is 3.12. The molecule has 0 spiro atoms. The highest BCUT2D eigenvalue weighted by molar-refractivity contribution is 5.82. The number of rotatable bonds is 4. The monoisotopic (exact) mass is 227 g/mol. The number of carbonyl (C=O) groups is 1. The molecule has 0 aliphatic heterocycles. The first kappa shape index (κ1) is 20.6. The van der Waals surface area contributed by atoms with Crippen molar-refractivity contribution in [2.24, 2.45) is 11.8 Å². The van der Waals surface area contributed by atoms with E-state index in [4.69, 9.17) is 0 Å². The maximum atomic E-state index is 11.0. The lowest BCUT2D eigenvalue weighted by molar-refractivity contribution is -0.121. The molecule has 1 N–H and O–H groups in total. The maximum absolute atomic E-state index is 11.0. The van der Waals surface area contributed by atoms with Crippen molar-refractivity contribution < 1.29 is 4.79 Å². The number of hydrogen-bond acceptors (Lipinski definition) is 2. The molecule has 2 heteroatoms. The van der Waals surface area contributed by atoms with E-state index in [1.165, 1.54) is 0 Å². The zero-order valence-electron chi connectivity index (χ0n) is 12.0. The summed E-state index contributed by atoms with van der Waals surface area (Å²) in [5.74, 6) is 1.28. The van der Waals surface area contributed by atoms with Crippen LogP contribution in [0.15, 0.2) is 0 Å². The highest BCUT2D eigenvalue weighted by Crippen LogP contribution is 1.92. The molecule has 0 bridgehead atoms. The molecule has 0 rings (SSSR count). The highest BCUT2D eigenvalue weighted by Gasteiger charge is 2.05. The lowest BCUT2D eigenvalue weighted by Crippen LogP contribution is -2.31. The molecular weight excluding hydrogens is 198 g/mol. The first-order chi connectivity index (χ1) is 7.27. The van der Waals surface area contributed by atoms with Gasteiger partial charge in [0.05, 0.1) is 6.54 Å². The van der Waals surface area contributed by atoms with Crippen molar-refractivity contribution in [3.05, 3.63) is 0 Å². The average molecular weight is 227 g/mol. The summed E-state index contributed by atoms with van der Waals surface area (Å²) >= 11 is 0. The van der Waals surface area contributed by atoms with Gasteiger partial charge in [-0.1, -0.05) is 48.5 Å². The molecular formula is C14H29NO. The zero-order chi connectivity index (χ0) is 13.7. The second kappa shape index (κ2) is 14.2. The van der Waals surface area contributed by atoms with Crippen molar-refractivity contribution in [2.45, 2.75) is 54.5 Å². The van der Waals surface area contributed by atoms with Crippen LogP contribution < -0.4 is 5.32 Å². The third kappa shape index (κ3) is 29.2. The summed E-state index contributed by atoms with van der Waals surface area (Å²) in [5.41, 5.74) is 0. The second-order valence-corrected chi connectivity index (χ2v) is 4.89. The van der Waals surface area contributed by atoms with Gasteiger partial charge in [0, 0.05) is 12.0 Å². The van der Waals surface area contributed by atoms with Crippen LogP contribution in [0.3, 0.4) is 0 Å². The molecule has 0 unspecified atom stereocenters. The van der Waals surface area contributed by atoms with E-state index in [0.717, 1.165) is 5.92 Å². The van der Waals surface area contributed by atoms with Gasteiger partial charge in [0.15, 0.2) is 0 Å². The topological polar surface area (TPSA) is 29.1 Å². The van der Waals surface area contributed by atoms with Crippen LogP contribution in [0.1, 0.15) is 48.5 Å². The number of ketones is 1. The van der Waals surface area contributed by atoms with Crippen LogP contribution >= 0.6 is 0 Å². The van der Waals surface area contributed by atoms with Crippen LogP contribution in [0.5, 0.6) is 0 Å². The molecule has 96 valence electrons. The van der Waals surface area contributed by atoms with E-state index in [1.54, 1.807) is 0 Å². The van der Waals surface area contributed by atoms with Gasteiger partial charge in [-0.25, -0.2) is 0 Å². The third-order valence-electron chi connectivity index (χ3n) is 1.33. The van der Waals surface area contributed by atoms with Crippen molar-refractivity contribution >= 4 is 5.78 Å². The first-order valence-corrected chi connectivity index (χ1v) is 5.86. The quantitative estimate of drug-likeness (QED) is 0.748. The summed E-state index contributed by atoms with van der Waals surface area (Å²) in [5, 5.41) is 3.08. The van der Waals surface area contributed by atoms with Crippen molar-refractivity contribution in [2.75, 3.05) is 6.54 Å². The minimum absolute atomic E-state index is 0.159. The van der Waals surface area contributed by atoms with Crippen LogP contribution in [-0.4, -0.2) is 18.4 Å². The van der Waals surface area contributed by atoms with Crippen LogP contribution in [0.4, 0.5) is 0 Å². The molecule has 2 nitrogen and oxygen atoms in total. The summed E-state index contributed by atoms with van der Waals surface area (Å²) in [6.07, 6.45) is 8.00. The molecule has 0 saturated carbocycles. The minimum atomic E-state index is 0.159. The molecule has 0 radical (unpaired) electrons. The van der Waals surface area contributed by atoms with E-state index in [0.29, 0.717) is 12.6 Å². The molecule has 0 heterocycles. The Hall–Kier alpha value is -0.810. The Morgan fingerprint density at radius 3 is 1.50 bits per heavy atom. The number of hydrogen-bond donors (Lipinski definition) is 1. The Morgan fingerprint density at radius 1 is 1.00 bits per heavy atom. The van der Waals surface area contributed by atoms with Gasteiger partial charge in [-0.3, -0.25) is 4.79 Å². The van der Waals surface area contributed by atoms with Crippen molar-refractivity contribution in [3.8, 4) is 12.8 Å². The van der Waals surface area contributed by atoms with Gasteiger partial charge in [0.1, 0.15) is 5.78 Å². The highest BCUT2D eigenvalue weighted by atomic mass is 16.1. The molecule has 16 heavy (non-hydrogen) atoms. The lowest BCUT2D eigenvalue weighted by Gasteiger charge is -2.08. The maximum Gasteiger partial charge on any atom is 0.149 e. The summed E-state index contributed by atoms with van der Waals surface area (Å²) in [7, 11) is 0. The molecule has 0 aliphatic carbocycles. The van der Waals surface area contributed by atoms with E-state index in [-0.39, 0.29) is 11.7 Å². The Morgan fingerprint density at radius 2 is 1.31 bits per heavy atom. The van der Waals surface area contributed by atoms with E-state index in [9.17, 15) is 4.79 Å². The summed E-state index contributed by atoms with van der Waals surface area (Å²) in [6, 6.07) is 0.405. The first-order valence-electron chi connectivity index (χ1n) is 5.86. The number of nitrogens with one attached hydrogen (secondary N) is 1. The van der Waals surface area contributed by atoms with Crippen molar-refractivity contribution in [1.82, 2.24) is 5.32 Å². The molecule has 0 atom stereocenters. The van der Waals surface area contributed by atoms with Crippen molar-refractivity contribution in [3.63, 3.8) is 0 Å². The molecule has 0 saturated heterocycles. The van der Waals surface area contributed by atoms with Gasteiger partial charge in [-0.15, -0.1) is 12.8 Å². The van der Waals surface area contributed by atoms with Gasteiger partial charge in [-0.05, 0) is 5.92 Å². The fourth-order valence-corrected chi connectivity index (χ4v) is 0.509. The average Bonchev–Trinajstić information content (AvgIpc) is 2.16. The molecule has 0 amide bonds. The van der Waals surface area contributed by atoms with Gasteiger partial charge in [0.2, 0.25) is 0 Å². The number of terminal acetylenes is 1. The summed E-state index contributed by atoms with van der Waals surface area (Å²) < 4.78 is 0. The van der Waals surface area contributed by atoms with E-state index >= 15 is 0 Å². The van der Waals surface area contributed by atoms with E-state index in [1.807, 2.05) is 27.7 Å². The van der Waals surface area contributed by atoms with E-state index in [2.05, 4.69) is 38.9 Å². The van der Waals surface area contributed by atoms with Crippen LogP contribution in [0.25, 0.3) is 0 Å². The molecule has 0 aromatic heterocycles. The summed E-state index contributed by atoms with van der Waals surface area (Å²) in [6.45, 7) is 14.9. The van der Waals surface area contributed by atoms with Gasteiger partial charge >= 0.3 is 0 Å². The van der Waals surface area contributed by atoms with Gasteiger partial charge < -0.3 is 5.32 Å². The normalized spacial score (nSPS) is 9.25. The molecule has 0 aliphatic rings. The molecule has 0 aromatic rings. The summed E-state index contributed by atoms with van der Waals surface area (Å²) in [4.78, 5) is 11.0. The fraction of sp³-hybridized carbons (Fsp3) is 0.786. The Balaban J connectivity index is -0.000000237. The van der Waals surface area contributed by atoms with Crippen LogP contribution in [-0.2, 0) is 4.79 Å². The third-order valence-corrected chi connectivity index (χ3v) is 1.33. The van der Waals surface area contributed by atoms with Gasteiger partial charge in [0.25, 0.3) is 0 Å². The van der Waals surface area contributed by atoms with Crippen molar-refractivity contribution in [1.29, 1.82) is 0 Å². The molecule has 0 fully saturated rings. The second-order valence-electron chi connectivity index (χ2n) is 4.89. The lowest BCUT2D eigenvalue weighted by atomic mass is 10.1. The van der Waals surface area contributed by atoms with Crippen LogP contribution in [0.2, 0.25) is 0 Å². The molecule has 0 aromatic carbocycles. The number of Topliss-reactive ketones (excluding diaryl/α,β-unsaturated/α-hetero) is 1. The SMILES string of the molecule is C#C.CC(C)C.CC(C)NCC(=O)C(C)C. The zero-order valence-corrected chi connectivity index (χ0v) is 12.0. The standard InChI is InChI=1S/C8H17NO.C4H10.C2H2/c1-6(2)8(10)5-9-7(3)4;1-4(2)3;1-2/h6-7,9H,5H2,1-4H3;4H,1-3H3;1-2H.